The second-order valence-corrected chi connectivity index (χ2v) is 5.38. The molecule has 2 rings (SSSR count). The summed E-state index contributed by atoms with van der Waals surface area (Å²) in [5.41, 5.74) is 0.881. The fraction of sp³-hybridized carbons (Fsp3) is 0.462. The highest BCUT2D eigenvalue weighted by molar-refractivity contribution is 6.42. The van der Waals surface area contributed by atoms with E-state index in [9.17, 15) is 4.79 Å². The molecule has 1 unspecified atom stereocenters. The fourth-order valence-corrected chi connectivity index (χ4v) is 2.56. The summed E-state index contributed by atoms with van der Waals surface area (Å²) >= 11 is 12.1. The van der Waals surface area contributed by atoms with Crippen molar-refractivity contribution in [3.63, 3.8) is 0 Å². The van der Waals surface area contributed by atoms with Gasteiger partial charge in [-0.3, -0.25) is 4.79 Å². The van der Waals surface area contributed by atoms with Gasteiger partial charge in [0, 0.05) is 20.1 Å². The minimum absolute atomic E-state index is 0. The highest BCUT2D eigenvalue weighted by Crippen LogP contribution is 2.26. The first kappa shape index (κ1) is 16.6. The van der Waals surface area contributed by atoms with E-state index < -0.39 is 0 Å². The summed E-state index contributed by atoms with van der Waals surface area (Å²) in [4.78, 5) is 13.9. The Morgan fingerprint density at radius 1 is 1.47 bits per heavy atom. The largest absolute Gasteiger partial charge is 0.341 e. The van der Waals surface area contributed by atoms with Crippen molar-refractivity contribution in [1.82, 2.24) is 10.2 Å². The molecule has 106 valence electrons. The number of halogens is 3. The maximum atomic E-state index is 12.2. The molecule has 0 aliphatic carbocycles. The van der Waals surface area contributed by atoms with Crippen LogP contribution in [0.3, 0.4) is 0 Å². The molecule has 0 bridgehead atoms. The van der Waals surface area contributed by atoms with Gasteiger partial charge < -0.3 is 10.2 Å². The molecule has 3 nitrogen and oxygen atoms in total. The number of carbonyl (C=O) groups excluding carboxylic acids is 1. The number of nitrogens with zero attached hydrogens (tertiary/aromatic N) is 1. The molecule has 1 aromatic rings. The zero-order valence-electron chi connectivity index (χ0n) is 10.7. The van der Waals surface area contributed by atoms with Gasteiger partial charge in [0.1, 0.15) is 0 Å². The number of amides is 1. The Morgan fingerprint density at radius 2 is 2.21 bits per heavy atom. The second-order valence-electron chi connectivity index (χ2n) is 4.60. The van der Waals surface area contributed by atoms with Crippen LogP contribution in [0.5, 0.6) is 0 Å². The molecule has 0 radical (unpaired) electrons. The van der Waals surface area contributed by atoms with Crippen LogP contribution in [0.1, 0.15) is 12.0 Å². The van der Waals surface area contributed by atoms with Crippen LogP contribution in [0.15, 0.2) is 18.2 Å². The molecule has 6 heteroatoms. The van der Waals surface area contributed by atoms with E-state index in [-0.39, 0.29) is 24.2 Å². The lowest BCUT2D eigenvalue weighted by molar-refractivity contribution is -0.134. The van der Waals surface area contributed by atoms with E-state index in [4.69, 9.17) is 23.2 Å². The number of hydrogen-bond donors (Lipinski definition) is 1. The van der Waals surface area contributed by atoms with E-state index >= 15 is 0 Å². The number of nitrogens with one attached hydrogen (secondary N) is 1. The Kier molecular flexibility index (Phi) is 6.40. The summed E-state index contributed by atoms with van der Waals surface area (Å²) in [5, 5.41) is 4.25. The van der Waals surface area contributed by atoms with Gasteiger partial charge >= 0.3 is 0 Å². The Labute approximate surface area is 129 Å². The normalized spacial score (nSPS) is 17.9. The van der Waals surface area contributed by atoms with Crippen molar-refractivity contribution >= 4 is 41.5 Å². The van der Waals surface area contributed by atoms with Gasteiger partial charge in [-0.2, -0.15) is 0 Å². The fourth-order valence-electron chi connectivity index (χ4n) is 2.18. The van der Waals surface area contributed by atoms with Crippen LogP contribution in [-0.2, 0) is 11.3 Å². The van der Waals surface area contributed by atoms with E-state index in [0.29, 0.717) is 16.6 Å². The van der Waals surface area contributed by atoms with Crippen LogP contribution < -0.4 is 5.32 Å². The molecule has 1 heterocycles. The van der Waals surface area contributed by atoms with Gasteiger partial charge in [0.05, 0.1) is 16.0 Å². The quantitative estimate of drug-likeness (QED) is 0.927. The molecule has 1 aliphatic rings. The van der Waals surface area contributed by atoms with E-state index in [1.54, 1.807) is 18.0 Å². The van der Waals surface area contributed by atoms with Gasteiger partial charge in [-0.15, -0.1) is 12.4 Å². The third-order valence-corrected chi connectivity index (χ3v) is 4.08. The van der Waals surface area contributed by atoms with E-state index in [1.165, 1.54) is 0 Å². The average molecular weight is 324 g/mol. The zero-order valence-corrected chi connectivity index (χ0v) is 13.0. The van der Waals surface area contributed by atoms with Gasteiger partial charge in [-0.1, -0.05) is 35.3 Å². The topological polar surface area (TPSA) is 32.3 Å². The summed E-state index contributed by atoms with van der Waals surface area (Å²) < 4.78 is 0. The van der Waals surface area contributed by atoms with Crippen molar-refractivity contribution in [2.24, 2.45) is 5.92 Å². The zero-order chi connectivity index (χ0) is 13.1. The van der Waals surface area contributed by atoms with E-state index in [2.05, 4.69) is 5.32 Å². The summed E-state index contributed by atoms with van der Waals surface area (Å²) in [7, 11) is 1.80. The first-order chi connectivity index (χ1) is 8.59. The van der Waals surface area contributed by atoms with Gasteiger partial charge in [-0.05, 0) is 24.6 Å². The Hall–Kier alpha value is -0.480. The monoisotopic (exact) mass is 322 g/mol. The lowest BCUT2D eigenvalue weighted by Crippen LogP contribution is -2.33. The SMILES string of the molecule is CN(Cc1cccc(Cl)c1Cl)C(=O)C1CCNC1.Cl. The van der Waals surface area contributed by atoms with Crippen LogP contribution >= 0.6 is 35.6 Å². The lowest BCUT2D eigenvalue weighted by Gasteiger charge is -2.21. The van der Waals surface area contributed by atoms with Gasteiger partial charge in [0.2, 0.25) is 5.91 Å². The van der Waals surface area contributed by atoms with Crippen molar-refractivity contribution in [3.05, 3.63) is 33.8 Å². The van der Waals surface area contributed by atoms with E-state index in [1.807, 2.05) is 12.1 Å². The van der Waals surface area contributed by atoms with Crippen LogP contribution in [0, 0.1) is 5.92 Å². The molecule has 1 saturated heterocycles. The molecule has 1 atom stereocenters. The molecule has 0 spiro atoms. The van der Waals surface area contributed by atoms with E-state index in [0.717, 1.165) is 25.1 Å². The Bertz CT molecular complexity index is 448. The van der Waals surface area contributed by atoms with Gasteiger partial charge in [0.15, 0.2) is 0 Å². The number of rotatable bonds is 3. The predicted octanol–water partition coefficient (Wildman–Crippen LogP) is 2.98. The molecule has 1 aromatic carbocycles. The lowest BCUT2D eigenvalue weighted by atomic mass is 10.1. The summed E-state index contributed by atoms with van der Waals surface area (Å²) in [6.45, 7) is 2.18. The number of hydrogen-bond acceptors (Lipinski definition) is 2. The van der Waals surface area contributed by atoms with Crippen LogP contribution in [0.2, 0.25) is 10.0 Å². The average Bonchev–Trinajstić information content (AvgIpc) is 2.87. The molecule has 1 fully saturated rings. The molecule has 0 aromatic heterocycles. The minimum Gasteiger partial charge on any atom is -0.341 e. The van der Waals surface area contributed by atoms with Crippen molar-refractivity contribution in [2.75, 3.05) is 20.1 Å². The highest BCUT2D eigenvalue weighted by atomic mass is 35.5. The van der Waals surface area contributed by atoms with Crippen LogP contribution in [0.4, 0.5) is 0 Å². The minimum atomic E-state index is 0. The highest BCUT2D eigenvalue weighted by Gasteiger charge is 2.25. The molecule has 19 heavy (non-hydrogen) atoms. The molecule has 0 saturated carbocycles. The van der Waals surface area contributed by atoms with Crippen molar-refractivity contribution < 1.29 is 4.79 Å². The maximum absolute atomic E-state index is 12.2. The molecular weight excluding hydrogens is 307 g/mol. The maximum Gasteiger partial charge on any atom is 0.227 e. The predicted molar refractivity (Wildman–Crippen MR) is 81.2 cm³/mol. The summed E-state index contributed by atoms with van der Waals surface area (Å²) in [6, 6.07) is 5.49. The summed E-state index contributed by atoms with van der Waals surface area (Å²) in [5.74, 6) is 0.254. The number of carbonyl (C=O) groups is 1. The van der Waals surface area contributed by atoms with Crippen molar-refractivity contribution in [3.8, 4) is 0 Å². The molecule has 1 N–H and O–H groups in total. The van der Waals surface area contributed by atoms with Crippen LogP contribution in [-0.4, -0.2) is 30.9 Å². The molecule has 1 aliphatic heterocycles. The molecule has 1 amide bonds. The standard InChI is InChI=1S/C13H16Cl2N2O.ClH/c1-17(13(18)9-5-6-16-7-9)8-10-3-2-4-11(14)12(10)15;/h2-4,9,16H,5-8H2,1H3;1H. The third kappa shape index (κ3) is 3.99. The van der Waals surface area contributed by atoms with Crippen LogP contribution in [0.25, 0.3) is 0 Å². The van der Waals surface area contributed by atoms with Gasteiger partial charge in [-0.25, -0.2) is 0 Å². The van der Waals surface area contributed by atoms with Crippen molar-refractivity contribution in [2.45, 2.75) is 13.0 Å². The number of benzene rings is 1. The van der Waals surface area contributed by atoms with Gasteiger partial charge in [0.25, 0.3) is 0 Å². The first-order valence-corrected chi connectivity index (χ1v) is 6.73. The third-order valence-electron chi connectivity index (χ3n) is 3.22. The second kappa shape index (κ2) is 7.34. The molecular formula is C13H17Cl3N2O. The van der Waals surface area contributed by atoms with Crippen molar-refractivity contribution in [1.29, 1.82) is 0 Å². The smallest absolute Gasteiger partial charge is 0.227 e. The summed E-state index contributed by atoms with van der Waals surface area (Å²) in [6.07, 6.45) is 0.909. The Balaban J connectivity index is 0.00000180. The Morgan fingerprint density at radius 3 is 2.84 bits per heavy atom. The first-order valence-electron chi connectivity index (χ1n) is 5.98.